The molecule has 1 N–H and O–H groups in total. The number of hydrogen-bond acceptors (Lipinski definition) is 4. The Morgan fingerprint density at radius 1 is 1.65 bits per heavy atom. The van der Waals surface area contributed by atoms with E-state index in [2.05, 4.69) is 29.8 Å². The van der Waals surface area contributed by atoms with E-state index < -0.39 is 0 Å². The maximum Gasteiger partial charge on any atom is 0.0813 e. The van der Waals surface area contributed by atoms with Crippen molar-refractivity contribution < 1.29 is 9.47 Å². The summed E-state index contributed by atoms with van der Waals surface area (Å²) in [5, 5.41) is 5.49. The van der Waals surface area contributed by atoms with E-state index >= 15 is 0 Å². The summed E-state index contributed by atoms with van der Waals surface area (Å²) in [6.07, 6.45) is 3.06. The van der Waals surface area contributed by atoms with Gasteiger partial charge in [-0.2, -0.15) is 0 Å². The van der Waals surface area contributed by atoms with E-state index in [0.717, 1.165) is 26.3 Å². The van der Waals surface area contributed by atoms with Crippen LogP contribution in [-0.2, 0) is 16.1 Å². The summed E-state index contributed by atoms with van der Waals surface area (Å²) in [7, 11) is 0. The Bertz CT molecular complexity index is 296. The lowest BCUT2D eigenvalue weighted by molar-refractivity contribution is 0.0500. The molecule has 0 aromatic carbocycles. The van der Waals surface area contributed by atoms with Crippen LogP contribution in [0.5, 0.6) is 0 Å². The van der Waals surface area contributed by atoms with Crippen molar-refractivity contribution in [2.45, 2.75) is 38.6 Å². The molecule has 1 aliphatic heterocycles. The Balaban J connectivity index is 1.52. The van der Waals surface area contributed by atoms with Crippen molar-refractivity contribution >= 4 is 11.3 Å². The first-order chi connectivity index (χ1) is 8.34. The molecule has 1 saturated heterocycles. The Hall–Kier alpha value is -0.420. The molecule has 2 heterocycles. The van der Waals surface area contributed by atoms with Crippen molar-refractivity contribution in [3.63, 3.8) is 0 Å². The first-order valence-corrected chi connectivity index (χ1v) is 7.19. The summed E-state index contributed by atoms with van der Waals surface area (Å²) >= 11 is 1.74. The molecule has 0 saturated carbocycles. The van der Waals surface area contributed by atoms with Crippen LogP contribution in [-0.4, -0.2) is 31.9 Å². The van der Waals surface area contributed by atoms with E-state index in [4.69, 9.17) is 9.47 Å². The van der Waals surface area contributed by atoms with Crippen LogP contribution in [0.4, 0.5) is 0 Å². The highest BCUT2D eigenvalue weighted by Crippen LogP contribution is 2.11. The minimum absolute atomic E-state index is 0.249. The van der Waals surface area contributed by atoms with Gasteiger partial charge < -0.3 is 14.8 Å². The highest BCUT2D eigenvalue weighted by atomic mass is 32.1. The van der Waals surface area contributed by atoms with Crippen LogP contribution in [0.25, 0.3) is 0 Å². The monoisotopic (exact) mass is 255 g/mol. The number of hydrogen-bond donors (Lipinski definition) is 1. The summed E-state index contributed by atoms with van der Waals surface area (Å²) < 4.78 is 11.3. The minimum Gasteiger partial charge on any atom is -0.377 e. The van der Waals surface area contributed by atoms with Crippen molar-refractivity contribution in [1.29, 1.82) is 0 Å². The second-order valence-electron chi connectivity index (χ2n) is 4.49. The molecule has 1 aliphatic rings. The molecule has 1 fully saturated rings. The van der Waals surface area contributed by atoms with Crippen LogP contribution in [0.15, 0.2) is 17.5 Å². The molecular weight excluding hydrogens is 234 g/mol. The molecule has 3 nitrogen and oxygen atoms in total. The SMILES string of the molecule is CC(CNCC1CCCO1)OCc1cccs1. The maximum atomic E-state index is 5.76. The normalized spacial score (nSPS) is 21.8. The summed E-state index contributed by atoms with van der Waals surface area (Å²) in [5.41, 5.74) is 0. The van der Waals surface area contributed by atoms with Crippen molar-refractivity contribution in [3.05, 3.63) is 22.4 Å². The second kappa shape index (κ2) is 7.11. The summed E-state index contributed by atoms with van der Waals surface area (Å²) in [6.45, 7) is 5.60. The van der Waals surface area contributed by atoms with E-state index in [-0.39, 0.29) is 6.10 Å². The van der Waals surface area contributed by atoms with Crippen molar-refractivity contribution in [1.82, 2.24) is 5.32 Å². The molecule has 96 valence electrons. The fourth-order valence-corrected chi connectivity index (χ4v) is 2.56. The Morgan fingerprint density at radius 3 is 3.29 bits per heavy atom. The van der Waals surface area contributed by atoms with Gasteiger partial charge in [-0.1, -0.05) is 6.07 Å². The number of nitrogens with one attached hydrogen (secondary N) is 1. The quantitative estimate of drug-likeness (QED) is 0.811. The highest BCUT2D eigenvalue weighted by molar-refractivity contribution is 7.09. The molecular formula is C13H21NO2S. The van der Waals surface area contributed by atoms with Crippen LogP contribution in [0.2, 0.25) is 0 Å². The number of rotatable bonds is 7. The highest BCUT2D eigenvalue weighted by Gasteiger charge is 2.14. The van der Waals surface area contributed by atoms with Gasteiger partial charge in [0.1, 0.15) is 0 Å². The first kappa shape index (κ1) is 13.0. The topological polar surface area (TPSA) is 30.5 Å². The number of ether oxygens (including phenoxy) is 2. The molecule has 0 radical (unpaired) electrons. The lowest BCUT2D eigenvalue weighted by atomic mass is 10.2. The van der Waals surface area contributed by atoms with Gasteiger partial charge in [0.15, 0.2) is 0 Å². The molecule has 17 heavy (non-hydrogen) atoms. The number of thiophene rings is 1. The first-order valence-electron chi connectivity index (χ1n) is 6.31. The molecule has 0 amide bonds. The van der Waals surface area contributed by atoms with Crippen LogP contribution >= 0.6 is 11.3 Å². The molecule has 0 aliphatic carbocycles. The van der Waals surface area contributed by atoms with Crippen LogP contribution in [0.1, 0.15) is 24.6 Å². The van der Waals surface area contributed by atoms with Crippen molar-refractivity contribution in [3.8, 4) is 0 Å². The fourth-order valence-electron chi connectivity index (χ4n) is 1.93. The molecule has 0 spiro atoms. The smallest absolute Gasteiger partial charge is 0.0813 e. The summed E-state index contributed by atoms with van der Waals surface area (Å²) in [5.74, 6) is 0. The maximum absolute atomic E-state index is 5.76. The lowest BCUT2D eigenvalue weighted by Crippen LogP contribution is -2.32. The molecule has 2 unspecified atom stereocenters. The van der Waals surface area contributed by atoms with Crippen molar-refractivity contribution in [2.24, 2.45) is 0 Å². The van der Waals surface area contributed by atoms with Gasteiger partial charge in [0.05, 0.1) is 18.8 Å². The standard InChI is InChI=1S/C13H21NO2S/c1-11(16-10-13-5-3-7-17-13)8-14-9-12-4-2-6-15-12/h3,5,7,11-12,14H,2,4,6,8-10H2,1H3. The van der Waals surface area contributed by atoms with Gasteiger partial charge >= 0.3 is 0 Å². The third kappa shape index (κ3) is 4.76. The molecule has 2 rings (SSSR count). The van der Waals surface area contributed by atoms with E-state index in [1.807, 2.05) is 0 Å². The predicted molar refractivity (Wildman–Crippen MR) is 70.4 cm³/mol. The lowest BCUT2D eigenvalue weighted by Gasteiger charge is -2.15. The van der Waals surface area contributed by atoms with Crippen LogP contribution in [0, 0.1) is 0 Å². The zero-order valence-electron chi connectivity index (χ0n) is 10.4. The molecule has 1 aromatic rings. The molecule has 1 aromatic heterocycles. The predicted octanol–water partition coefficient (Wildman–Crippen LogP) is 2.42. The zero-order valence-corrected chi connectivity index (χ0v) is 11.2. The van der Waals surface area contributed by atoms with E-state index in [9.17, 15) is 0 Å². The third-order valence-corrected chi connectivity index (χ3v) is 3.77. The summed E-state index contributed by atoms with van der Waals surface area (Å²) in [6, 6.07) is 4.17. The molecule has 2 atom stereocenters. The Morgan fingerprint density at radius 2 is 2.59 bits per heavy atom. The average molecular weight is 255 g/mol. The van der Waals surface area contributed by atoms with Gasteiger partial charge in [-0.3, -0.25) is 0 Å². The van der Waals surface area contributed by atoms with Gasteiger partial charge in [0, 0.05) is 24.6 Å². The van der Waals surface area contributed by atoms with Gasteiger partial charge in [0.2, 0.25) is 0 Å². The molecule has 0 bridgehead atoms. The fraction of sp³-hybridized carbons (Fsp3) is 0.692. The Labute approximate surface area is 107 Å². The van der Waals surface area contributed by atoms with Gasteiger partial charge in [-0.05, 0) is 31.2 Å². The third-order valence-electron chi connectivity index (χ3n) is 2.92. The largest absolute Gasteiger partial charge is 0.377 e. The van der Waals surface area contributed by atoms with E-state index in [0.29, 0.717) is 6.10 Å². The van der Waals surface area contributed by atoms with Gasteiger partial charge in [-0.15, -0.1) is 11.3 Å². The van der Waals surface area contributed by atoms with E-state index in [1.54, 1.807) is 11.3 Å². The zero-order chi connectivity index (χ0) is 11.9. The van der Waals surface area contributed by atoms with Crippen LogP contribution in [0.3, 0.4) is 0 Å². The van der Waals surface area contributed by atoms with Gasteiger partial charge in [0.25, 0.3) is 0 Å². The van der Waals surface area contributed by atoms with E-state index in [1.165, 1.54) is 17.7 Å². The van der Waals surface area contributed by atoms with Crippen molar-refractivity contribution in [2.75, 3.05) is 19.7 Å². The minimum atomic E-state index is 0.249. The molecule has 4 heteroatoms. The Kier molecular flexibility index (Phi) is 5.45. The second-order valence-corrected chi connectivity index (χ2v) is 5.53. The average Bonchev–Trinajstić information content (AvgIpc) is 2.99. The van der Waals surface area contributed by atoms with Gasteiger partial charge in [-0.25, -0.2) is 0 Å². The van der Waals surface area contributed by atoms with Crippen LogP contribution < -0.4 is 5.32 Å². The summed E-state index contributed by atoms with van der Waals surface area (Å²) in [4.78, 5) is 1.29.